The number of aromatic nitrogens is 1. The monoisotopic (exact) mass is 485 g/mol. The van der Waals surface area contributed by atoms with E-state index in [4.69, 9.17) is 10.6 Å². The third-order valence-electron chi connectivity index (χ3n) is 4.93. The van der Waals surface area contributed by atoms with Crippen molar-refractivity contribution in [1.82, 2.24) is 15.2 Å². The second-order valence-electron chi connectivity index (χ2n) is 6.98. The van der Waals surface area contributed by atoms with Crippen molar-refractivity contribution in [2.45, 2.75) is 11.4 Å². The van der Waals surface area contributed by atoms with E-state index in [0.717, 1.165) is 16.9 Å². The molecule has 1 fully saturated rings. The second kappa shape index (κ2) is 9.46. The largest absolute Gasteiger partial charge is 0.477 e. The number of fused-ring (bicyclic) bond motifs is 1. The predicted molar refractivity (Wildman–Crippen MR) is 125 cm³/mol. The number of carboxylic acid groups (broad SMARTS) is 1. The number of nitrogen functional groups attached to an aromatic ring is 1. The van der Waals surface area contributed by atoms with E-state index in [1.807, 2.05) is 30.3 Å². The van der Waals surface area contributed by atoms with Crippen LogP contribution in [0.3, 0.4) is 0 Å². The number of hydrogen-bond acceptors (Lipinski definition) is 9. The van der Waals surface area contributed by atoms with Crippen LogP contribution in [0.4, 0.5) is 5.13 Å². The zero-order chi connectivity index (χ0) is 23.5. The number of thiazole rings is 1. The van der Waals surface area contributed by atoms with E-state index >= 15 is 0 Å². The van der Waals surface area contributed by atoms with E-state index in [-0.39, 0.29) is 22.2 Å². The third-order valence-corrected chi connectivity index (χ3v) is 6.90. The highest BCUT2D eigenvalue weighted by molar-refractivity contribution is 8.00. The number of hydrogen-bond donors (Lipinski definition) is 3. The Morgan fingerprint density at radius 1 is 1.33 bits per heavy atom. The number of carboxylic acids is 1. The number of anilines is 1. The van der Waals surface area contributed by atoms with E-state index in [0.29, 0.717) is 11.3 Å². The Balaban J connectivity index is 1.53. The Kier molecular flexibility index (Phi) is 6.47. The summed E-state index contributed by atoms with van der Waals surface area (Å²) < 4.78 is 0. The number of nitrogens with one attached hydrogen (secondary N) is 1. The van der Waals surface area contributed by atoms with Gasteiger partial charge in [-0.3, -0.25) is 14.5 Å². The summed E-state index contributed by atoms with van der Waals surface area (Å²) in [5.41, 5.74) is 7.07. The zero-order valence-electron chi connectivity index (χ0n) is 17.3. The fraction of sp³-hybridized carbons (Fsp3) is 0.190. The van der Waals surface area contributed by atoms with Crippen molar-refractivity contribution < 1.29 is 24.3 Å². The molecule has 33 heavy (non-hydrogen) atoms. The highest BCUT2D eigenvalue weighted by Crippen LogP contribution is 2.40. The third kappa shape index (κ3) is 4.47. The number of thioether (sulfide) groups is 1. The van der Waals surface area contributed by atoms with Gasteiger partial charge in [0, 0.05) is 11.1 Å². The average Bonchev–Trinajstić information content (AvgIpc) is 3.25. The lowest BCUT2D eigenvalue weighted by Crippen LogP contribution is -2.71. The molecule has 2 atom stereocenters. The molecule has 2 amide bonds. The molecule has 0 bridgehead atoms. The van der Waals surface area contributed by atoms with Crippen LogP contribution in [-0.4, -0.2) is 62.8 Å². The molecule has 4 rings (SSSR count). The van der Waals surface area contributed by atoms with Crippen LogP contribution >= 0.6 is 23.1 Å². The summed E-state index contributed by atoms with van der Waals surface area (Å²) in [6.45, 7) is 0. The molecule has 0 spiro atoms. The Hall–Kier alpha value is -3.64. The van der Waals surface area contributed by atoms with E-state index in [1.54, 1.807) is 17.5 Å². The summed E-state index contributed by atoms with van der Waals surface area (Å²) in [6, 6.07) is 8.53. The van der Waals surface area contributed by atoms with Crippen molar-refractivity contribution in [1.29, 1.82) is 0 Å². The minimum Gasteiger partial charge on any atom is -0.477 e. The number of carbonyl (C=O) groups is 3. The molecule has 2 aliphatic heterocycles. The van der Waals surface area contributed by atoms with Crippen molar-refractivity contribution in [2.75, 3.05) is 18.6 Å². The van der Waals surface area contributed by atoms with Gasteiger partial charge in [-0.1, -0.05) is 47.6 Å². The molecule has 3 heterocycles. The molecule has 1 unspecified atom stereocenters. The molecule has 170 valence electrons. The molecule has 2 aromatic rings. The molecule has 0 saturated carbocycles. The highest BCUT2D eigenvalue weighted by atomic mass is 32.2. The molecule has 1 aromatic heterocycles. The van der Waals surface area contributed by atoms with Gasteiger partial charge in [-0.15, -0.1) is 23.1 Å². The standard InChI is InChI=1S/C21H19N5O5S2/c1-31-25-14(13-10-33-21(22)23-13)17(27)24-15-18(28)26-16(20(29)30)12(9-32-19(15)26)8-7-11-5-3-2-4-6-11/h2-8,10,15,19H,9H2,1H3,(H2,22,23)(H,24,27)(H,29,30)/b8-7+,25-14+/t15?,19-/m1/s1. The van der Waals surface area contributed by atoms with Crippen LogP contribution < -0.4 is 11.1 Å². The number of nitrogens with zero attached hydrogens (tertiary/aromatic N) is 3. The Labute approximate surface area is 196 Å². The number of nitrogens with two attached hydrogens (primary N) is 1. The number of β-lactam (4-membered cyclic amide) rings is 1. The first kappa shape index (κ1) is 22.6. The summed E-state index contributed by atoms with van der Waals surface area (Å²) in [6.07, 6.45) is 3.51. The number of amides is 2. The Bertz CT molecular complexity index is 1190. The molecule has 10 nitrogen and oxygen atoms in total. The molecule has 1 aromatic carbocycles. The zero-order valence-corrected chi connectivity index (χ0v) is 18.9. The van der Waals surface area contributed by atoms with Crippen LogP contribution in [0, 0.1) is 0 Å². The van der Waals surface area contributed by atoms with Crippen LogP contribution in [0.2, 0.25) is 0 Å². The van der Waals surface area contributed by atoms with Gasteiger partial charge in [-0.25, -0.2) is 9.78 Å². The maximum absolute atomic E-state index is 12.9. The van der Waals surface area contributed by atoms with Crippen molar-refractivity contribution in [2.24, 2.45) is 5.16 Å². The molecule has 0 aliphatic carbocycles. The van der Waals surface area contributed by atoms with Crippen LogP contribution in [-0.2, 0) is 19.2 Å². The van der Waals surface area contributed by atoms with Gasteiger partial charge in [0.1, 0.15) is 29.9 Å². The highest BCUT2D eigenvalue weighted by Gasteiger charge is 2.54. The summed E-state index contributed by atoms with van der Waals surface area (Å²) in [5.74, 6) is -2.02. The molecule has 0 radical (unpaired) electrons. The summed E-state index contributed by atoms with van der Waals surface area (Å²) in [7, 11) is 1.28. The summed E-state index contributed by atoms with van der Waals surface area (Å²) in [5, 5.41) is 17.4. The SMILES string of the molecule is CO/N=C(/C(=O)NC1C(=O)N2C(C(=O)O)=C(/C=C/c3ccccc3)CS[C@H]12)c1csc(N)n1. The van der Waals surface area contributed by atoms with Crippen LogP contribution in [0.15, 0.2) is 58.2 Å². The average molecular weight is 486 g/mol. The van der Waals surface area contributed by atoms with Crippen LogP contribution in [0.1, 0.15) is 11.3 Å². The van der Waals surface area contributed by atoms with Gasteiger partial charge in [-0.05, 0) is 11.1 Å². The minimum absolute atomic E-state index is 0.0838. The van der Waals surface area contributed by atoms with Gasteiger partial charge in [-0.2, -0.15) is 0 Å². The normalized spacial score (nSPS) is 20.5. The lowest BCUT2D eigenvalue weighted by Gasteiger charge is -2.49. The minimum atomic E-state index is -1.20. The lowest BCUT2D eigenvalue weighted by atomic mass is 10.0. The smallest absolute Gasteiger partial charge is 0.352 e. The molecule has 12 heteroatoms. The Morgan fingerprint density at radius 2 is 2.09 bits per heavy atom. The quantitative estimate of drug-likeness (QED) is 0.304. The fourth-order valence-electron chi connectivity index (χ4n) is 3.43. The summed E-state index contributed by atoms with van der Waals surface area (Å²) in [4.78, 5) is 47.6. The van der Waals surface area contributed by atoms with Crippen molar-refractivity contribution in [3.63, 3.8) is 0 Å². The molecular weight excluding hydrogens is 466 g/mol. The topological polar surface area (TPSA) is 147 Å². The molecule has 1 saturated heterocycles. The van der Waals surface area contributed by atoms with Crippen molar-refractivity contribution in [3.05, 3.63) is 64.3 Å². The van der Waals surface area contributed by atoms with Crippen LogP contribution in [0.25, 0.3) is 6.08 Å². The fourth-order valence-corrected chi connectivity index (χ4v) is 5.30. The second-order valence-corrected chi connectivity index (χ2v) is 8.97. The van der Waals surface area contributed by atoms with Gasteiger partial charge in [0.05, 0.1) is 0 Å². The van der Waals surface area contributed by atoms with Crippen molar-refractivity contribution in [3.8, 4) is 0 Å². The first-order chi connectivity index (χ1) is 15.9. The maximum atomic E-state index is 12.9. The molecule has 4 N–H and O–H groups in total. The Morgan fingerprint density at radius 3 is 2.73 bits per heavy atom. The number of carbonyl (C=O) groups excluding carboxylic acids is 2. The van der Waals surface area contributed by atoms with Gasteiger partial charge >= 0.3 is 5.97 Å². The predicted octanol–water partition coefficient (Wildman–Crippen LogP) is 1.53. The van der Waals surface area contributed by atoms with Crippen molar-refractivity contribution >= 4 is 57.8 Å². The number of aliphatic carboxylic acids is 1. The first-order valence-corrected chi connectivity index (χ1v) is 11.6. The number of allylic oxidation sites excluding steroid dienone is 1. The number of benzene rings is 1. The van der Waals surface area contributed by atoms with Crippen LogP contribution in [0.5, 0.6) is 0 Å². The van der Waals surface area contributed by atoms with Gasteiger partial charge < -0.3 is 21.0 Å². The van der Waals surface area contributed by atoms with E-state index < -0.39 is 29.2 Å². The molecular formula is C21H19N5O5S2. The van der Waals surface area contributed by atoms with E-state index in [2.05, 4.69) is 15.5 Å². The van der Waals surface area contributed by atoms with E-state index in [9.17, 15) is 19.5 Å². The first-order valence-electron chi connectivity index (χ1n) is 9.68. The lowest BCUT2D eigenvalue weighted by molar-refractivity contribution is -0.150. The number of oxime groups is 1. The van der Waals surface area contributed by atoms with E-state index in [1.165, 1.54) is 23.8 Å². The maximum Gasteiger partial charge on any atom is 0.352 e. The van der Waals surface area contributed by atoms with Gasteiger partial charge in [0.2, 0.25) is 0 Å². The number of rotatable bonds is 7. The molecule has 2 aliphatic rings. The van der Waals surface area contributed by atoms with Gasteiger partial charge in [0.15, 0.2) is 10.8 Å². The summed E-state index contributed by atoms with van der Waals surface area (Å²) >= 11 is 2.50. The van der Waals surface area contributed by atoms with Gasteiger partial charge in [0.25, 0.3) is 11.8 Å².